The largest absolute Gasteiger partial charge is 0.330 e. The molecular formula is C14H20N2O3. The Kier molecular flexibility index (Phi) is 5.48. The molecule has 0 aliphatic rings. The molecule has 0 saturated heterocycles. The number of carbonyl (C=O) groups is 1. The molecule has 0 N–H and O–H groups in total. The number of hydrogen-bond donors (Lipinski definition) is 0. The van der Waals surface area contributed by atoms with Crippen LogP contribution in [0.15, 0.2) is 28.4 Å². The van der Waals surface area contributed by atoms with E-state index in [1.165, 1.54) is 24.7 Å². The molecule has 0 aliphatic carbocycles. The van der Waals surface area contributed by atoms with Crippen LogP contribution in [0.2, 0.25) is 0 Å². The number of allylic oxidation sites excluding steroid dienone is 1. The highest BCUT2D eigenvalue weighted by Gasteiger charge is 2.11. The zero-order valence-electron chi connectivity index (χ0n) is 11.5. The Morgan fingerprint density at radius 2 is 2.00 bits per heavy atom. The maximum absolute atomic E-state index is 11.9. The van der Waals surface area contributed by atoms with Gasteiger partial charge in [-0.15, -0.1) is 6.58 Å². The first-order chi connectivity index (χ1) is 8.99. The van der Waals surface area contributed by atoms with E-state index < -0.39 is 5.56 Å². The van der Waals surface area contributed by atoms with Crippen molar-refractivity contribution < 1.29 is 4.79 Å². The number of ketones is 1. The summed E-state index contributed by atoms with van der Waals surface area (Å²) >= 11 is 0. The predicted molar refractivity (Wildman–Crippen MR) is 74.6 cm³/mol. The molecule has 19 heavy (non-hydrogen) atoms. The van der Waals surface area contributed by atoms with Crippen LogP contribution < -0.4 is 11.2 Å². The maximum atomic E-state index is 11.9. The van der Waals surface area contributed by atoms with Gasteiger partial charge in [-0.3, -0.25) is 18.7 Å². The summed E-state index contributed by atoms with van der Waals surface area (Å²) in [6, 6.07) is 0. The van der Waals surface area contributed by atoms with Gasteiger partial charge < -0.3 is 0 Å². The van der Waals surface area contributed by atoms with Crippen molar-refractivity contribution in [3.63, 3.8) is 0 Å². The van der Waals surface area contributed by atoms with Crippen LogP contribution >= 0.6 is 0 Å². The average Bonchev–Trinajstić information content (AvgIpc) is 2.37. The predicted octanol–water partition coefficient (Wildman–Crippen LogP) is 1.50. The number of Topliss-reactive ketones (excluding diaryl/α,β-unsaturated/α-hetero) is 1. The quantitative estimate of drug-likeness (QED) is 0.426. The highest BCUT2D eigenvalue weighted by atomic mass is 16.2. The first kappa shape index (κ1) is 15.1. The van der Waals surface area contributed by atoms with Gasteiger partial charge in [0.1, 0.15) is 0 Å². The van der Waals surface area contributed by atoms with Gasteiger partial charge in [0.05, 0.1) is 5.56 Å². The van der Waals surface area contributed by atoms with Crippen LogP contribution in [0.1, 0.15) is 43.0 Å². The van der Waals surface area contributed by atoms with Crippen LogP contribution in [0, 0.1) is 0 Å². The lowest BCUT2D eigenvalue weighted by Crippen LogP contribution is -2.40. The van der Waals surface area contributed by atoms with Crippen LogP contribution in [0.3, 0.4) is 0 Å². The molecule has 0 spiro atoms. The molecule has 0 radical (unpaired) electrons. The normalized spacial score (nSPS) is 10.4. The van der Waals surface area contributed by atoms with Gasteiger partial charge in [-0.05, 0) is 26.2 Å². The van der Waals surface area contributed by atoms with E-state index in [4.69, 9.17) is 0 Å². The summed E-state index contributed by atoms with van der Waals surface area (Å²) in [6.45, 7) is 5.50. The first-order valence-electron chi connectivity index (χ1n) is 6.41. The number of hydrogen-bond acceptors (Lipinski definition) is 3. The van der Waals surface area contributed by atoms with Gasteiger partial charge in [0.25, 0.3) is 5.56 Å². The summed E-state index contributed by atoms with van der Waals surface area (Å²) in [5.74, 6) is -0.319. The lowest BCUT2D eigenvalue weighted by molar-refractivity contribution is 0.101. The van der Waals surface area contributed by atoms with E-state index in [0.29, 0.717) is 6.54 Å². The van der Waals surface area contributed by atoms with Crippen LogP contribution in [0.25, 0.3) is 0 Å². The fourth-order valence-electron chi connectivity index (χ4n) is 1.88. The molecule has 0 atom stereocenters. The molecule has 5 nitrogen and oxygen atoms in total. The molecule has 0 aromatic carbocycles. The van der Waals surface area contributed by atoms with Gasteiger partial charge in [0, 0.05) is 19.8 Å². The molecule has 0 unspecified atom stereocenters. The van der Waals surface area contributed by atoms with Crippen molar-refractivity contribution in [1.82, 2.24) is 9.13 Å². The second kappa shape index (κ2) is 6.87. The van der Waals surface area contributed by atoms with Gasteiger partial charge in [0.2, 0.25) is 0 Å². The smallest absolute Gasteiger partial charge is 0.300 e. The van der Waals surface area contributed by atoms with Gasteiger partial charge in [-0.1, -0.05) is 12.5 Å². The van der Waals surface area contributed by atoms with E-state index in [1.54, 1.807) is 0 Å². The maximum Gasteiger partial charge on any atom is 0.330 e. The molecule has 1 heterocycles. The number of rotatable bonds is 7. The summed E-state index contributed by atoms with van der Waals surface area (Å²) in [5.41, 5.74) is -0.840. The van der Waals surface area contributed by atoms with Crippen molar-refractivity contribution in [1.29, 1.82) is 0 Å². The van der Waals surface area contributed by atoms with Crippen molar-refractivity contribution in [2.45, 2.75) is 39.2 Å². The van der Waals surface area contributed by atoms with Crippen LogP contribution in [-0.2, 0) is 13.6 Å². The number of aromatic nitrogens is 2. The molecule has 0 saturated carbocycles. The Balaban J connectivity index is 2.89. The van der Waals surface area contributed by atoms with Crippen molar-refractivity contribution in [2.24, 2.45) is 7.05 Å². The number of carbonyl (C=O) groups excluding carboxylic acids is 1. The van der Waals surface area contributed by atoms with Crippen molar-refractivity contribution >= 4 is 5.78 Å². The lowest BCUT2D eigenvalue weighted by atomic mass is 10.2. The summed E-state index contributed by atoms with van der Waals surface area (Å²) in [7, 11) is 1.39. The average molecular weight is 264 g/mol. The minimum Gasteiger partial charge on any atom is -0.300 e. The zero-order chi connectivity index (χ0) is 14.4. The molecule has 0 aliphatic heterocycles. The minimum atomic E-state index is -0.527. The zero-order valence-corrected chi connectivity index (χ0v) is 11.5. The summed E-state index contributed by atoms with van der Waals surface area (Å²) in [4.78, 5) is 35.0. The fraction of sp³-hybridized carbons (Fsp3) is 0.500. The van der Waals surface area contributed by atoms with Crippen LogP contribution in [-0.4, -0.2) is 14.9 Å². The third-order valence-electron chi connectivity index (χ3n) is 3.04. The lowest BCUT2D eigenvalue weighted by Gasteiger charge is -2.09. The first-order valence-corrected chi connectivity index (χ1v) is 6.41. The van der Waals surface area contributed by atoms with Crippen molar-refractivity contribution in [3.05, 3.63) is 45.3 Å². The third-order valence-corrected chi connectivity index (χ3v) is 3.04. The summed E-state index contributed by atoms with van der Waals surface area (Å²) in [5, 5.41) is 0. The molecule has 0 amide bonds. The van der Waals surface area contributed by atoms with E-state index >= 15 is 0 Å². The van der Waals surface area contributed by atoms with E-state index in [-0.39, 0.29) is 17.0 Å². The second-order valence-corrected chi connectivity index (χ2v) is 4.58. The Labute approximate surface area is 112 Å². The Hall–Kier alpha value is -1.91. The monoisotopic (exact) mass is 264 g/mol. The van der Waals surface area contributed by atoms with Gasteiger partial charge in [-0.2, -0.15) is 0 Å². The standard InChI is InChI=1S/C14H20N2O3/c1-4-5-6-7-8-9-16-10-12(11(2)17)13(18)15(3)14(16)19/h4,10H,1,5-9H2,2-3H3. The second-order valence-electron chi connectivity index (χ2n) is 4.58. The summed E-state index contributed by atoms with van der Waals surface area (Å²) in [6.07, 6.45) is 7.05. The molecule has 104 valence electrons. The molecule has 5 heteroatoms. The minimum absolute atomic E-state index is 0.0631. The van der Waals surface area contributed by atoms with Crippen molar-refractivity contribution in [2.75, 3.05) is 0 Å². The highest BCUT2D eigenvalue weighted by molar-refractivity contribution is 5.93. The topological polar surface area (TPSA) is 61.1 Å². The Bertz CT molecular complexity index is 581. The molecule has 1 aromatic heterocycles. The molecule has 0 fully saturated rings. The number of aryl methyl sites for hydroxylation is 1. The van der Waals surface area contributed by atoms with E-state index in [2.05, 4.69) is 6.58 Å². The molecule has 1 rings (SSSR count). The fourth-order valence-corrected chi connectivity index (χ4v) is 1.88. The molecule has 0 bridgehead atoms. The Morgan fingerprint density at radius 1 is 1.32 bits per heavy atom. The van der Waals surface area contributed by atoms with E-state index in [9.17, 15) is 14.4 Å². The van der Waals surface area contributed by atoms with Gasteiger partial charge in [0.15, 0.2) is 5.78 Å². The SMILES string of the molecule is C=CCCCCCn1cc(C(C)=O)c(=O)n(C)c1=O. The highest BCUT2D eigenvalue weighted by Crippen LogP contribution is 2.02. The van der Waals surface area contributed by atoms with Gasteiger partial charge >= 0.3 is 5.69 Å². The van der Waals surface area contributed by atoms with Crippen LogP contribution in [0.5, 0.6) is 0 Å². The van der Waals surface area contributed by atoms with E-state index in [1.807, 2.05) is 6.08 Å². The molecular weight excluding hydrogens is 244 g/mol. The number of unbranched alkanes of at least 4 members (excludes halogenated alkanes) is 3. The number of nitrogens with zero attached hydrogens (tertiary/aromatic N) is 2. The van der Waals surface area contributed by atoms with Crippen LogP contribution in [0.4, 0.5) is 0 Å². The summed E-state index contributed by atoms with van der Waals surface area (Å²) < 4.78 is 2.42. The third kappa shape index (κ3) is 3.77. The van der Waals surface area contributed by atoms with Crippen molar-refractivity contribution in [3.8, 4) is 0 Å². The van der Waals surface area contributed by atoms with E-state index in [0.717, 1.165) is 30.3 Å². The Morgan fingerprint density at radius 3 is 2.58 bits per heavy atom. The van der Waals surface area contributed by atoms with Gasteiger partial charge in [-0.25, -0.2) is 4.79 Å². The molecule has 1 aromatic rings.